The molecular weight excluding hydrogens is 392 g/mol. The van der Waals surface area contributed by atoms with E-state index in [1.165, 1.54) is 28.5 Å². The van der Waals surface area contributed by atoms with E-state index < -0.39 is 0 Å². The zero-order valence-electron chi connectivity index (χ0n) is 16.3. The summed E-state index contributed by atoms with van der Waals surface area (Å²) >= 11 is 3.15. The molecule has 0 saturated carbocycles. The van der Waals surface area contributed by atoms with Crippen LogP contribution in [-0.4, -0.2) is 41.3 Å². The molecule has 0 aliphatic rings. The van der Waals surface area contributed by atoms with Crippen molar-refractivity contribution in [2.24, 2.45) is 0 Å². The van der Waals surface area contributed by atoms with E-state index in [2.05, 4.69) is 39.0 Å². The number of carbonyl (C=O) groups excluding carboxylic acids is 1. The molecule has 4 rings (SSSR count). The van der Waals surface area contributed by atoms with Crippen molar-refractivity contribution in [2.75, 3.05) is 5.75 Å². The van der Waals surface area contributed by atoms with E-state index in [0.29, 0.717) is 17.3 Å². The fourth-order valence-electron chi connectivity index (χ4n) is 3.31. The largest absolute Gasteiger partial charge is 0.293 e. The predicted octanol–water partition coefficient (Wildman–Crippen LogP) is 4.12. The highest BCUT2D eigenvalue weighted by Crippen LogP contribution is 2.35. The highest BCUT2D eigenvalue weighted by Gasteiger charge is 2.20. The van der Waals surface area contributed by atoms with Gasteiger partial charge in [-0.2, -0.15) is 10.1 Å². The Morgan fingerprint density at radius 2 is 2.00 bits per heavy atom. The number of carbonyl (C=O) groups is 1. The van der Waals surface area contributed by atoms with Crippen LogP contribution in [0.2, 0.25) is 0 Å². The SMILES string of the molecule is Cc1nc(SCC(=O)c2cc(C)n(-c3ncn[nH]3)c2C)c2c(C)c(C)sc2n1. The lowest BCUT2D eigenvalue weighted by molar-refractivity contribution is 0.102. The van der Waals surface area contributed by atoms with Gasteiger partial charge in [0.05, 0.1) is 5.75 Å². The van der Waals surface area contributed by atoms with Gasteiger partial charge in [-0.05, 0) is 46.2 Å². The Balaban J connectivity index is 1.63. The molecule has 0 atom stereocenters. The Hall–Kier alpha value is -2.52. The number of rotatable bonds is 5. The zero-order chi connectivity index (χ0) is 20.0. The number of H-pyrrole nitrogens is 1. The zero-order valence-corrected chi connectivity index (χ0v) is 18.0. The van der Waals surface area contributed by atoms with Gasteiger partial charge < -0.3 is 0 Å². The number of thiophene rings is 1. The highest BCUT2D eigenvalue weighted by atomic mass is 32.2. The van der Waals surface area contributed by atoms with Crippen LogP contribution in [0.4, 0.5) is 0 Å². The van der Waals surface area contributed by atoms with Crippen LogP contribution in [0.5, 0.6) is 0 Å². The van der Waals surface area contributed by atoms with Crippen molar-refractivity contribution in [1.29, 1.82) is 0 Å². The van der Waals surface area contributed by atoms with Crippen LogP contribution in [0.1, 0.15) is 38.0 Å². The summed E-state index contributed by atoms with van der Waals surface area (Å²) in [5, 5.41) is 8.69. The maximum atomic E-state index is 13.0. The van der Waals surface area contributed by atoms with E-state index in [0.717, 1.165) is 32.5 Å². The fourth-order valence-corrected chi connectivity index (χ4v) is 5.46. The number of nitrogens with one attached hydrogen (secondary N) is 1. The fraction of sp³-hybridized carbons (Fsp3) is 0.316. The number of hydrogen-bond acceptors (Lipinski definition) is 7. The maximum Gasteiger partial charge on any atom is 0.229 e. The van der Waals surface area contributed by atoms with Gasteiger partial charge in [0, 0.05) is 27.2 Å². The number of aryl methyl sites for hydroxylation is 4. The molecule has 1 N–H and O–H groups in total. The molecule has 7 nitrogen and oxygen atoms in total. The molecule has 0 spiro atoms. The molecule has 9 heteroatoms. The van der Waals surface area contributed by atoms with Crippen LogP contribution >= 0.6 is 23.1 Å². The lowest BCUT2D eigenvalue weighted by Crippen LogP contribution is -2.07. The van der Waals surface area contributed by atoms with Gasteiger partial charge in [-0.1, -0.05) is 11.8 Å². The maximum absolute atomic E-state index is 13.0. The van der Waals surface area contributed by atoms with E-state index in [4.69, 9.17) is 0 Å². The predicted molar refractivity (Wildman–Crippen MR) is 112 cm³/mol. The first-order valence-corrected chi connectivity index (χ1v) is 10.6. The molecule has 0 aromatic carbocycles. The van der Waals surface area contributed by atoms with Crippen LogP contribution in [0, 0.1) is 34.6 Å². The summed E-state index contributed by atoms with van der Waals surface area (Å²) in [6.07, 6.45) is 1.46. The number of thioether (sulfide) groups is 1. The van der Waals surface area contributed by atoms with Gasteiger partial charge in [-0.3, -0.25) is 9.36 Å². The topological polar surface area (TPSA) is 89.4 Å². The number of Topliss-reactive ketones (excluding diaryl/α,β-unsaturated/α-hetero) is 1. The third-order valence-corrected chi connectivity index (χ3v) is 6.87. The third-order valence-electron chi connectivity index (χ3n) is 4.79. The van der Waals surface area contributed by atoms with Gasteiger partial charge in [0.2, 0.25) is 5.95 Å². The van der Waals surface area contributed by atoms with Gasteiger partial charge in [-0.15, -0.1) is 11.3 Å². The quantitative estimate of drug-likeness (QED) is 0.301. The molecule has 4 aromatic heterocycles. The molecule has 0 aliphatic heterocycles. The van der Waals surface area contributed by atoms with Gasteiger partial charge in [0.15, 0.2) is 5.78 Å². The average molecular weight is 413 g/mol. The van der Waals surface area contributed by atoms with Crippen LogP contribution in [0.3, 0.4) is 0 Å². The Morgan fingerprint density at radius 3 is 2.71 bits per heavy atom. The highest BCUT2D eigenvalue weighted by molar-refractivity contribution is 8.00. The Bertz CT molecular complexity index is 1190. The molecule has 0 unspecified atom stereocenters. The summed E-state index contributed by atoms with van der Waals surface area (Å²) in [4.78, 5) is 28.5. The first kappa shape index (κ1) is 18.8. The molecule has 0 aliphatic carbocycles. The lowest BCUT2D eigenvalue weighted by atomic mass is 10.2. The summed E-state index contributed by atoms with van der Waals surface area (Å²) in [6.45, 7) is 9.94. The minimum absolute atomic E-state index is 0.0675. The lowest BCUT2D eigenvalue weighted by Gasteiger charge is -2.06. The minimum atomic E-state index is 0.0675. The number of nitrogens with zero attached hydrogens (tertiary/aromatic N) is 5. The van der Waals surface area contributed by atoms with Crippen molar-refractivity contribution in [3.8, 4) is 5.95 Å². The average Bonchev–Trinajstić information content (AvgIpc) is 3.32. The number of fused-ring (bicyclic) bond motifs is 1. The van der Waals surface area contributed by atoms with Crippen molar-refractivity contribution in [3.05, 3.63) is 45.6 Å². The summed E-state index contributed by atoms with van der Waals surface area (Å²) in [6, 6.07) is 1.90. The standard InChI is InChI=1S/C19H20N6OS2/c1-9-6-14(11(3)25(9)19-20-8-21-24-19)15(26)7-27-17-16-10(2)12(4)28-18(16)23-13(5)22-17/h6,8H,7H2,1-5H3,(H,20,21,24). The molecule has 4 heterocycles. The van der Waals surface area contributed by atoms with Crippen LogP contribution in [0.25, 0.3) is 16.2 Å². The molecule has 0 amide bonds. The number of aromatic amines is 1. The number of hydrogen-bond donors (Lipinski definition) is 1. The summed E-state index contributed by atoms with van der Waals surface area (Å²) < 4.78 is 1.91. The first-order chi connectivity index (χ1) is 13.4. The molecule has 0 fully saturated rings. The van der Waals surface area contributed by atoms with Gasteiger partial charge in [0.25, 0.3) is 0 Å². The Morgan fingerprint density at radius 1 is 1.21 bits per heavy atom. The number of aromatic nitrogens is 6. The smallest absolute Gasteiger partial charge is 0.229 e. The second-order valence-corrected chi connectivity index (χ2v) is 8.85. The Labute approximate surface area is 170 Å². The second kappa shape index (κ2) is 7.14. The van der Waals surface area contributed by atoms with E-state index >= 15 is 0 Å². The van der Waals surface area contributed by atoms with Crippen LogP contribution < -0.4 is 0 Å². The molecule has 0 saturated heterocycles. The van der Waals surface area contributed by atoms with Crippen molar-refractivity contribution < 1.29 is 4.79 Å². The number of ketones is 1. The van der Waals surface area contributed by atoms with E-state index in [-0.39, 0.29) is 5.78 Å². The second-order valence-electron chi connectivity index (χ2n) is 6.68. The van der Waals surface area contributed by atoms with Gasteiger partial charge in [0.1, 0.15) is 22.0 Å². The molecule has 144 valence electrons. The normalized spacial score (nSPS) is 11.5. The first-order valence-electron chi connectivity index (χ1n) is 8.81. The molecule has 0 bridgehead atoms. The van der Waals surface area contributed by atoms with Crippen molar-refractivity contribution in [2.45, 2.75) is 39.6 Å². The van der Waals surface area contributed by atoms with Gasteiger partial charge in [-0.25, -0.2) is 15.1 Å². The molecule has 28 heavy (non-hydrogen) atoms. The van der Waals surface area contributed by atoms with E-state index in [9.17, 15) is 4.79 Å². The van der Waals surface area contributed by atoms with Crippen molar-refractivity contribution >= 4 is 39.1 Å². The summed E-state index contributed by atoms with van der Waals surface area (Å²) in [7, 11) is 0. The third kappa shape index (κ3) is 3.14. The monoisotopic (exact) mass is 412 g/mol. The summed E-state index contributed by atoms with van der Waals surface area (Å²) in [5.74, 6) is 1.73. The molecule has 4 aromatic rings. The summed E-state index contributed by atoms with van der Waals surface area (Å²) in [5.41, 5.74) is 3.68. The molecular formula is C19H20N6OS2. The Kier molecular flexibility index (Phi) is 4.80. The van der Waals surface area contributed by atoms with Crippen molar-refractivity contribution in [1.82, 2.24) is 29.7 Å². The van der Waals surface area contributed by atoms with E-state index in [1.807, 2.05) is 31.4 Å². The van der Waals surface area contributed by atoms with Crippen molar-refractivity contribution in [3.63, 3.8) is 0 Å². The van der Waals surface area contributed by atoms with Crippen LogP contribution in [0.15, 0.2) is 17.4 Å². The molecule has 0 radical (unpaired) electrons. The van der Waals surface area contributed by atoms with E-state index in [1.54, 1.807) is 11.3 Å². The van der Waals surface area contributed by atoms with Crippen LogP contribution in [-0.2, 0) is 0 Å². The van der Waals surface area contributed by atoms with Gasteiger partial charge >= 0.3 is 0 Å². The minimum Gasteiger partial charge on any atom is -0.293 e.